The number of aromatic nitrogens is 5. The molecule has 0 aliphatic carbocycles. The summed E-state index contributed by atoms with van der Waals surface area (Å²) in [4.78, 5) is 26.8. The number of sulfonamides is 1. The minimum Gasteiger partial charge on any atom is -0.327 e. The van der Waals surface area contributed by atoms with E-state index in [4.69, 9.17) is 11.6 Å². The van der Waals surface area contributed by atoms with E-state index in [0.717, 1.165) is 17.2 Å². The number of rotatable bonds is 8. The zero-order valence-electron chi connectivity index (χ0n) is 17.9. The molecule has 182 valence electrons. The standard InChI is InChI=1S/C19H19ClF3N7O3S/c1-12(16-26-11-27-30(16)18-24-4-3-5-25-18)29(7-6-28-34(2,32)33)17(31)13-8-14(19(21,22)23)10-15(20)9-13/h3-5,8-12,28H,6-7H2,1-2H3. The number of amides is 1. The van der Waals surface area contributed by atoms with Crippen LogP contribution in [0.4, 0.5) is 13.2 Å². The maximum Gasteiger partial charge on any atom is 0.416 e. The second-order valence-corrected chi connectivity index (χ2v) is 9.42. The van der Waals surface area contributed by atoms with Gasteiger partial charge in [0.05, 0.1) is 17.9 Å². The molecular formula is C19H19ClF3N7O3S. The third-order valence-corrected chi connectivity index (χ3v) is 5.55. The summed E-state index contributed by atoms with van der Waals surface area (Å²) >= 11 is 5.85. The summed E-state index contributed by atoms with van der Waals surface area (Å²) in [6.45, 7) is 1.18. The van der Waals surface area contributed by atoms with Gasteiger partial charge >= 0.3 is 6.18 Å². The molecule has 34 heavy (non-hydrogen) atoms. The molecule has 0 bridgehead atoms. The van der Waals surface area contributed by atoms with Gasteiger partial charge in [-0.25, -0.2) is 28.1 Å². The summed E-state index contributed by atoms with van der Waals surface area (Å²) in [6, 6.07) is 3.22. The van der Waals surface area contributed by atoms with Gasteiger partial charge < -0.3 is 4.90 Å². The molecule has 1 aromatic carbocycles. The molecule has 1 atom stereocenters. The largest absolute Gasteiger partial charge is 0.416 e. The van der Waals surface area contributed by atoms with Crippen LogP contribution in [-0.4, -0.2) is 63.3 Å². The molecule has 0 spiro atoms. The van der Waals surface area contributed by atoms with Crippen LogP contribution in [0.1, 0.15) is 34.7 Å². The average Bonchev–Trinajstić information content (AvgIpc) is 3.25. The number of alkyl halides is 3. The number of nitrogens with zero attached hydrogens (tertiary/aromatic N) is 6. The van der Waals surface area contributed by atoms with Crippen molar-refractivity contribution < 1.29 is 26.4 Å². The van der Waals surface area contributed by atoms with Crippen molar-refractivity contribution in [3.63, 3.8) is 0 Å². The predicted octanol–water partition coefficient (Wildman–Crippen LogP) is 2.48. The van der Waals surface area contributed by atoms with Crippen LogP contribution in [0.3, 0.4) is 0 Å². The Morgan fingerprint density at radius 2 is 1.88 bits per heavy atom. The lowest BCUT2D eigenvalue weighted by Gasteiger charge is -2.29. The number of hydrogen-bond acceptors (Lipinski definition) is 7. The van der Waals surface area contributed by atoms with E-state index in [1.165, 1.54) is 23.4 Å². The zero-order chi connectivity index (χ0) is 25.1. The van der Waals surface area contributed by atoms with E-state index in [1.54, 1.807) is 13.0 Å². The summed E-state index contributed by atoms with van der Waals surface area (Å²) in [5.41, 5.74) is -1.42. The first-order chi connectivity index (χ1) is 15.9. The third kappa shape index (κ3) is 6.27. The van der Waals surface area contributed by atoms with E-state index < -0.39 is 33.7 Å². The van der Waals surface area contributed by atoms with Crippen molar-refractivity contribution >= 4 is 27.5 Å². The molecule has 10 nitrogen and oxygen atoms in total. The molecule has 1 unspecified atom stereocenters. The van der Waals surface area contributed by atoms with E-state index in [2.05, 4.69) is 24.8 Å². The van der Waals surface area contributed by atoms with Crippen LogP contribution in [-0.2, 0) is 16.2 Å². The fourth-order valence-electron chi connectivity index (χ4n) is 3.09. The number of halogens is 4. The summed E-state index contributed by atoms with van der Waals surface area (Å²) in [5, 5.41) is 3.79. The zero-order valence-corrected chi connectivity index (χ0v) is 19.4. The van der Waals surface area contributed by atoms with Gasteiger partial charge in [-0.2, -0.15) is 23.0 Å². The predicted molar refractivity (Wildman–Crippen MR) is 116 cm³/mol. The Morgan fingerprint density at radius 1 is 1.21 bits per heavy atom. The molecule has 0 saturated heterocycles. The molecule has 2 aromatic heterocycles. The summed E-state index contributed by atoms with van der Waals surface area (Å²) < 4.78 is 66.3. The Labute approximate surface area is 197 Å². The first-order valence-electron chi connectivity index (χ1n) is 9.67. The van der Waals surface area contributed by atoms with Crippen molar-refractivity contribution in [3.8, 4) is 5.95 Å². The van der Waals surface area contributed by atoms with E-state index >= 15 is 0 Å². The maximum absolute atomic E-state index is 13.4. The normalized spacial score (nSPS) is 13.0. The van der Waals surface area contributed by atoms with Crippen molar-refractivity contribution in [1.29, 1.82) is 0 Å². The van der Waals surface area contributed by atoms with Gasteiger partial charge in [0.15, 0.2) is 5.82 Å². The van der Waals surface area contributed by atoms with Gasteiger partial charge in [-0.15, -0.1) is 0 Å². The molecule has 1 N–H and O–H groups in total. The minimum atomic E-state index is -4.72. The number of carbonyl (C=O) groups is 1. The Bertz CT molecular complexity index is 1270. The topological polar surface area (TPSA) is 123 Å². The van der Waals surface area contributed by atoms with E-state index in [9.17, 15) is 26.4 Å². The third-order valence-electron chi connectivity index (χ3n) is 4.61. The highest BCUT2D eigenvalue weighted by Crippen LogP contribution is 2.33. The maximum atomic E-state index is 13.4. The lowest BCUT2D eigenvalue weighted by molar-refractivity contribution is -0.137. The van der Waals surface area contributed by atoms with Crippen LogP contribution in [0.25, 0.3) is 5.95 Å². The number of carbonyl (C=O) groups excluding carboxylic acids is 1. The first kappa shape index (κ1) is 25.5. The van der Waals surface area contributed by atoms with Crippen LogP contribution in [0.5, 0.6) is 0 Å². The quantitative estimate of drug-likeness (QED) is 0.487. The summed E-state index contributed by atoms with van der Waals surface area (Å²) in [5.74, 6) is -0.457. The molecule has 1 amide bonds. The minimum absolute atomic E-state index is 0.158. The van der Waals surface area contributed by atoms with Crippen LogP contribution in [0.2, 0.25) is 5.02 Å². The van der Waals surface area contributed by atoms with Crippen LogP contribution in [0.15, 0.2) is 43.0 Å². The van der Waals surface area contributed by atoms with Gasteiger partial charge in [-0.05, 0) is 31.2 Å². The van der Waals surface area contributed by atoms with Crippen molar-refractivity contribution in [2.45, 2.75) is 19.1 Å². The molecule has 15 heteroatoms. The van der Waals surface area contributed by atoms with Gasteiger partial charge in [0.1, 0.15) is 6.33 Å². The second-order valence-electron chi connectivity index (χ2n) is 7.15. The van der Waals surface area contributed by atoms with Gasteiger partial charge in [0, 0.05) is 36.1 Å². The molecule has 0 fully saturated rings. The highest BCUT2D eigenvalue weighted by Gasteiger charge is 2.33. The fourth-order valence-corrected chi connectivity index (χ4v) is 3.79. The molecule has 3 rings (SSSR count). The molecule has 3 aromatic rings. The molecule has 0 radical (unpaired) electrons. The molecule has 0 aliphatic heterocycles. The summed E-state index contributed by atoms with van der Waals surface area (Å²) in [7, 11) is -3.58. The van der Waals surface area contributed by atoms with E-state index in [0.29, 0.717) is 12.1 Å². The SMILES string of the molecule is CC(c1ncnn1-c1ncccn1)N(CCNS(C)(=O)=O)C(=O)c1cc(Cl)cc(C(F)(F)F)c1. The Kier molecular flexibility index (Phi) is 7.53. The van der Waals surface area contributed by atoms with Crippen LogP contribution in [0, 0.1) is 0 Å². The van der Waals surface area contributed by atoms with Crippen LogP contribution >= 0.6 is 11.6 Å². The van der Waals surface area contributed by atoms with Gasteiger partial charge in [-0.3, -0.25) is 4.79 Å². The average molecular weight is 518 g/mol. The Balaban J connectivity index is 2.01. The van der Waals surface area contributed by atoms with Gasteiger partial charge in [0.2, 0.25) is 10.0 Å². The fraction of sp³-hybridized carbons (Fsp3) is 0.316. The van der Waals surface area contributed by atoms with E-state index in [-0.39, 0.29) is 35.4 Å². The van der Waals surface area contributed by atoms with Crippen molar-refractivity contribution in [2.75, 3.05) is 19.3 Å². The van der Waals surface area contributed by atoms with Crippen molar-refractivity contribution in [1.82, 2.24) is 34.4 Å². The smallest absolute Gasteiger partial charge is 0.327 e. The molecule has 0 saturated carbocycles. The number of benzene rings is 1. The van der Waals surface area contributed by atoms with Crippen molar-refractivity contribution in [2.24, 2.45) is 0 Å². The number of nitrogens with one attached hydrogen (secondary N) is 1. The Morgan fingerprint density at radius 3 is 2.50 bits per heavy atom. The highest BCUT2D eigenvalue weighted by atomic mass is 35.5. The lowest BCUT2D eigenvalue weighted by Crippen LogP contribution is -2.40. The summed E-state index contributed by atoms with van der Waals surface area (Å²) in [6.07, 6.45) is 0.377. The second kappa shape index (κ2) is 10.0. The van der Waals surface area contributed by atoms with Crippen molar-refractivity contribution in [3.05, 3.63) is 65.0 Å². The van der Waals surface area contributed by atoms with Gasteiger partial charge in [-0.1, -0.05) is 11.6 Å². The molecule has 0 aliphatic rings. The first-order valence-corrected chi connectivity index (χ1v) is 11.9. The monoisotopic (exact) mass is 517 g/mol. The molecule has 2 heterocycles. The Hall–Kier alpha value is -3.10. The highest BCUT2D eigenvalue weighted by molar-refractivity contribution is 7.88. The van der Waals surface area contributed by atoms with E-state index in [1.807, 2.05) is 0 Å². The molecular weight excluding hydrogens is 499 g/mol. The van der Waals surface area contributed by atoms with Gasteiger partial charge in [0.25, 0.3) is 11.9 Å². The number of hydrogen-bond donors (Lipinski definition) is 1. The lowest BCUT2D eigenvalue weighted by atomic mass is 10.1. The van der Waals surface area contributed by atoms with Crippen LogP contribution < -0.4 is 4.72 Å².